The Morgan fingerprint density at radius 3 is 2.37 bits per heavy atom. The number of aromatic nitrogens is 1. The molecule has 2 N–H and O–H groups in total. The highest BCUT2D eigenvalue weighted by atomic mass is 16.6. The number of amides is 3. The van der Waals surface area contributed by atoms with Crippen LogP contribution in [0.3, 0.4) is 0 Å². The zero-order valence-corrected chi connectivity index (χ0v) is 20.7. The number of hydrogen-bond donors (Lipinski definition) is 2. The first-order chi connectivity index (χ1) is 16.1. The Bertz CT molecular complexity index is 1120. The van der Waals surface area contributed by atoms with Crippen LogP contribution >= 0.6 is 0 Å². The lowest BCUT2D eigenvalue weighted by atomic mass is 10.1. The molecule has 2 rings (SSSR count). The van der Waals surface area contributed by atoms with Gasteiger partial charge in [0.15, 0.2) is 0 Å². The molecule has 0 spiro atoms. The summed E-state index contributed by atoms with van der Waals surface area (Å²) in [6.07, 6.45) is 0.800. The number of ether oxygens (including phenoxy) is 2. The van der Waals surface area contributed by atoms with Crippen LogP contribution in [0.2, 0.25) is 0 Å². The Hall–Kier alpha value is -4.25. The van der Waals surface area contributed by atoms with Crippen molar-refractivity contribution >= 4 is 29.7 Å². The predicted molar refractivity (Wildman–Crippen MR) is 128 cm³/mol. The smallest absolute Gasteiger partial charge is 0.424 e. The molecule has 13 heteroatoms. The molecule has 13 nitrogen and oxygen atoms in total. The van der Waals surface area contributed by atoms with E-state index in [1.165, 1.54) is 18.5 Å². The molecule has 3 amide bonds. The number of imide groups is 1. The summed E-state index contributed by atoms with van der Waals surface area (Å²) in [6.45, 7) is 11.6. The molecular formula is C22H29N7O6. The maximum Gasteiger partial charge on any atom is 0.424 e. The highest BCUT2D eigenvalue weighted by molar-refractivity contribution is 6.11. The molecule has 1 aromatic rings. The van der Waals surface area contributed by atoms with Gasteiger partial charge < -0.3 is 19.5 Å². The fourth-order valence-electron chi connectivity index (χ4n) is 3.07. The quantitative estimate of drug-likeness (QED) is 0.328. The molecule has 0 unspecified atom stereocenters. The molecule has 0 saturated heterocycles. The molecule has 0 aliphatic carbocycles. The Balaban J connectivity index is 2.51. The lowest BCUT2D eigenvalue weighted by Crippen LogP contribution is -2.42. The van der Waals surface area contributed by atoms with Crippen molar-refractivity contribution in [3.63, 3.8) is 0 Å². The zero-order chi connectivity index (χ0) is 26.6. The first-order valence-corrected chi connectivity index (χ1v) is 10.6. The number of carboxylic acid groups (broad SMARTS) is 1. The Morgan fingerprint density at radius 1 is 1.20 bits per heavy atom. The Labute approximate surface area is 202 Å². The van der Waals surface area contributed by atoms with E-state index in [9.17, 15) is 19.5 Å². The van der Waals surface area contributed by atoms with Gasteiger partial charge in [0.1, 0.15) is 16.9 Å². The van der Waals surface area contributed by atoms with Crippen molar-refractivity contribution in [2.24, 2.45) is 5.11 Å². The number of nitrogens with zero attached hydrogens (tertiary/aromatic N) is 6. The average molecular weight is 488 g/mol. The number of azide groups is 1. The topological polar surface area (TPSA) is 170 Å². The molecule has 1 aliphatic heterocycles. The van der Waals surface area contributed by atoms with Crippen LogP contribution in [0.5, 0.6) is 0 Å². The van der Waals surface area contributed by atoms with Gasteiger partial charge in [0.05, 0.1) is 29.8 Å². The molecular weight excluding hydrogens is 458 g/mol. The summed E-state index contributed by atoms with van der Waals surface area (Å²) in [5.41, 5.74) is 8.38. The number of hydrogen-bond acceptors (Lipinski definition) is 8. The van der Waals surface area contributed by atoms with E-state index in [-0.39, 0.29) is 29.3 Å². The SMILES string of the molecule is CC1=CN(c2ccncc2N(C(=O)O)C(=O)OC(C)(C)C)CC(NC(=O)OC(C)(C)C)=C1N=[N+]=[N-]. The molecule has 0 bridgehead atoms. The van der Waals surface area contributed by atoms with Crippen LogP contribution < -0.4 is 15.1 Å². The standard InChI is InChI=1S/C22H29N7O6/c1-13-11-28(12-14(17(13)26-27-23)25-18(30)34-21(2,3)4)15-8-9-24-10-16(15)29(19(31)32)20(33)35-22(5,6)7/h8-11H,12H2,1-7H3,(H,25,30)(H,31,32). The minimum atomic E-state index is -1.57. The van der Waals surface area contributed by atoms with Crippen LogP contribution in [0.15, 0.2) is 46.7 Å². The van der Waals surface area contributed by atoms with Gasteiger partial charge in [-0.3, -0.25) is 10.3 Å². The largest absolute Gasteiger partial charge is 0.464 e. The first kappa shape index (κ1) is 27.0. The highest BCUT2D eigenvalue weighted by Gasteiger charge is 2.32. The fourth-order valence-corrected chi connectivity index (χ4v) is 3.07. The second-order valence-corrected chi connectivity index (χ2v) is 9.55. The van der Waals surface area contributed by atoms with E-state index in [0.29, 0.717) is 10.5 Å². The number of rotatable bonds is 4. The van der Waals surface area contributed by atoms with Crippen molar-refractivity contribution in [2.75, 3.05) is 16.3 Å². The number of carbonyl (C=O) groups is 3. The molecule has 0 aromatic carbocycles. The third kappa shape index (κ3) is 7.37. The van der Waals surface area contributed by atoms with Crippen molar-refractivity contribution in [3.05, 3.63) is 52.1 Å². The Kier molecular flexibility index (Phi) is 7.98. The second kappa shape index (κ2) is 10.3. The van der Waals surface area contributed by atoms with E-state index in [1.807, 2.05) is 0 Å². The number of allylic oxidation sites excluding steroid dienone is 1. The summed E-state index contributed by atoms with van der Waals surface area (Å²) < 4.78 is 10.6. The van der Waals surface area contributed by atoms with Crippen LogP contribution in [-0.4, -0.2) is 46.1 Å². The van der Waals surface area contributed by atoms with Gasteiger partial charge in [-0.2, -0.15) is 4.90 Å². The summed E-state index contributed by atoms with van der Waals surface area (Å²) in [7, 11) is 0. The van der Waals surface area contributed by atoms with Crippen molar-refractivity contribution in [2.45, 2.75) is 59.7 Å². The summed E-state index contributed by atoms with van der Waals surface area (Å²) in [4.78, 5) is 46.0. The van der Waals surface area contributed by atoms with E-state index in [2.05, 4.69) is 20.3 Å². The van der Waals surface area contributed by atoms with Crippen molar-refractivity contribution in [1.82, 2.24) is 10.3 Å². The van der Waals surface area contributed by atoms with Crippen molar-refractivity contribution < 1.29 is 29.0 Å². The molecule has 188 valence electrons. The van der Waals surface area contributed by atoms with Gasteiger partial charge in [0, 0.05) is 17.3 Å². The van der Waals surface area contributed by atoms with E-state index in [1.54, 1.807) is 59.6 Å². The average Bonchev–Trinajstić information content (AvgIpc) is 2.67. The number of anilines is 2. The van der Waals surface area contributed by atoms with Gasteiger partial charge >= 0.3 is 18.3 Å². The normalized spacial score (nSPS) is 13.9. The third-order valence-corrected chi connectivity index (χ3v) is 4.23. The number of alkyl carbamates (subject to hydrolysis) is 1. The number of nitrogens with one attached hydrogen (secondary N) is 1. The van der Waals surface area contributed by atoms with Gasteiger partial charge in [-0.25, -0.2) is 14.4 Å². The molecule has 1 aromatic heterocycles. The van der Waals surface area contributed by atoms with E-state index in [4.69, 9.17) is 15.0 Å². The van der Waals surface area contributed by atoms with Crippen molar-refractivity contribution in [3.8, 4) is 0 Å². The molecule has 0 radical (unpaired) electrons. The molecule has 1 aliphatic rings. The van der Waals surface area contributed by atoms with Gasteiger partial charge in [-0.1, -0.05) is 5.11 Å². The van der Waals surface area contributed by atoms with Gasteiger partial charge in [0.25, 0.3) is 0 Å². The van der Waals surface area contributed by atoms with Gasteiger partial charge in [-0.15, -0.1) is 0 Å². The summed E-state index contributed by atoms with van der Waals surface area (Å²) in [6, 6.07) is 1.50. The van der Waals surface area contributed by atoms with Gasteiger partial charge in [0.2, 0.25) is 0 Å². The molecule has 0 atom stereocenters. The van der Waals surface area contributed by atoms with E-state index < -0.39 is 29.5 Å². The van der Waals surface area contributed by atoms with Crippen LogP contribution in [0.25, 0.3) is 10.4 Å². The van der Waals surface area contributed by atoms with Crippen LogP contribution in [0.1, 0.15) is 48.5 Å². The lowest BCUT2D eigenvalue weighted by Gasteiger charge is -2.32. The second-order valence-electron chi connectivity index (χ2n) is 9.55. The summed E-state index contributed by atoms with van der Waals surface area (Å²) in [5.74, 6) is 0. The van der Waals surface area contributed by atoms with Crippen LogP contribution in [0, 0.1) is 0 Å². The molecule has 0 saturated carbocycles. The Morgan fingerprint density at radius 2 is 1.83 bits per heavy atom. The highest BCUT2D eigenvalue weighted by Crippen LogP contribution is 2.34. The maximum atomic E-state index is 12.7. The monoisotopic (exact) mass is 487 g/mol. The zero-order valence-electron chi connectivity index (χ0n) is 20.7. The fraction of sp³-hybridized carbons (Fsp3) is 0.455. The maximum absolute atomic E-state index is 12.7. The van der Waals surface area contributed by atoms with E-state index in [0.717, 1.165) is 0 Å². The number of pyridine rings is 1. The third-order valence-electron chi connectivity index (χ3n) is 4.23. The minimum Gasteiger partial charge on any atom is -0.464 e. The van der Waals surface area contributed by atoms with Gasteiger partial charge in [-0.05, 0) is 65.6 Å². The lowest BCUT2D eigenvalue weighted by molar-refractivity contribution is 0.0541. The summed E-state index contributed by atoms with van der Waals surface area (Å²) in [5, 5.41) is 16.1. The predicted octanol–water partition coefficient (Wildman–Crippen LogP) is 5.27. The minimum absolute atomic E-state index is 0.0380. The number of carbonyl (C=O) groups excluding carboxylic acids is 2. The van der Waals surface area contributed by atoms with Crippen LogP contribution in [0.4, 0.5) is 25.8 Å². The van der Waals surface area contributed by atoms with Crippen molar-refractivity contribution in [1.29, 1.82) is 0 Å². The molecule has 35 heavy (non-hydrogen) atoms. The molecule has 2 heterocycles. The first-order valence-electron chi connectivity index (χ1n) is 10.6. The molecule has 0 fully saturated rings. The summed E-state index contributed by atoms with van der Waals surface area (Å²) >= 11 is 0. The van der Waals surface area contributed by atoms with Crippen LogP contribution in [-0.2, 0) is 9.47 Å². The van der Waals surface area contributed by atoms with E-state index >= 15 is 0 Å².